The summed E-state index contributed by atoms with van der Waals surface area (Å²) in [6.45, 7) is 2.76. The van der Waals surface area contributed by atoms with E-state index < -0.39 is 5.97 Å². The fourth-order valence-electron chi connectivity index (χ4n) is 1.05. The molecule has 0 atom stereocenters. The molecular weight excluding hydrogens is 244 g/mol. The van der Waals surface area contributed by atoms with Crippen LogP contribution in [0.15, 0.2) is 9.64 Å². The Bertz CT molecular complexity index is 343. The van der Waals surface area contributed by atoms with Gasteiger partial charge in [0, 0.05) is 19.5 Å². The molecule has 96 valence electrons. The predicted octanol–water partition coefficient (Wildman–Crippen LogP) is 1.77. The number of esters is 1. The molecule has 0 N–H and O–H groups in total. The zero-order valence-electron chi connectivity index (χ0n) is 9.97. The van der Waals surface area contributed by atoms with Gasteiger partial charge in [0.15, 0.2) is 0 Å². The number of hydrogen-bond acceptors (Lipinski definition) is 7. The molecule has 0 saturated carbocycles. The van der Waals surface area contributed by atoms with Crippen molar-refractivity contribution in [3.8, 4) is 0 Å². The standard InChI is InChI=1S/C10H16N2O4S/c1-3-15-9(13)8-11-12-10(16-8)17-7-5-4-6-14-2/h3-7H2,1-2H3. The molecule has 0 bridgehead atoms. The van der Waals surface area contributed by atoms with E-state index in [1.165, 1.54) is 11.8 Å². The summed E-state index contributed by atoms with van der Waals surface area (Å²) in [6, 6.07) is 0. The molecule has 0 spiro atoms. The lowest BCUT2D eigenvalue weighted by Crippen LogP contribution is -2.04. The van der Waals surface area contributed by atoms with Gasteiger partial charge in [0.2, 0.25) is 0 Å². The van der Waals surface area contributed by atoms with E-state index in [1.807, 2.05) is 0 Å². The lowest BCUT2D eigenvalue weighted by Gasteiger charge is -1.97. The second kappa shape index (κ2) is 8.08. The fourth-order valence-corrected chi connectivity index (χ4v) is 1.81. The number of carbonyl (C=O) groups excluding carboxylic acids is 1. The number of unbranched alkanes of at least 4 members (excludes halogenated alkanes) is 1. The third-order valence-corrected chi connectivity index (χ3v) is 2.73. The normalized spacial score (nSPS) is 10.5. The number of nitrogens with zero attached hydrogens (tertiary/aromatic N) is 2. The van der Waals surface area contributed by atoms with Crippen molar-refractivity contribution in [3.63, 3.8) is 0 Å². The minimum Gasteiger partial charge on any atom is -0.459 e. The van der Waals surface area contributed by atoms with E-state index in [4.69, 9.17) is 13.9 Å². The van der Waals surface area contributed by atoms with Crippen LogP contribution >= 0.6 is 11.8 Å². The molecule has 0 fully saturated rings. The quantitative estimate of drug-likeness (QED) is 0.400. The number of aromatic nitrogens is 2. The molecule has 0 aliphatic rings. The van der Waals surface area contributed by atoms with Crippen LogP contribution in [0.25, 0.3) is 0 Å². The van der Waals surface area contributed by atoms with E-state index in [0.29, 0.717) is 11.8 Å². The lowest BCUT2D eigenvalue weighted by atomic mass is 10.4. The average Bonchev–Trinajstić information content (AvgIpc) is 2.78. The predicted molar refractivity (Wildman–Crippen MR) is 62.1 cm³/mol. The number of rotatable bonds is 8. The monoisotopic (exact) mass is 260 g/mol. The van der Waals surface area contributed by atoms with E-state index in [-0.39, 0.29) is 5.89 Å². The molecule has 0 unspecified atom stereocenters. The molecule has 1 rings (SSSR count). The fraction of sp³-hybridized carbons (Fsp3) is 0.700. The van der Waals surface area contributed by atoms with Crippen molar-refractivity contribution in [2.24, 2.45) is 0 Å². The van der Waals surface area contributed by atoms with Gasteiger partial charge in [-0.15, -0.1) is 5.10 Å². The van der Waals surface area contributed by atoms with Gasteiger partial charge in [-0.3, -0.25) is 0 Å². The molecule has 0 saturated heterocycles. The van der Waals surface area contributed by atoms with Gasteiger partial charge in [0.1, 0.15) is 0 Å². The maximum absolute atomic E-state index is 11.2. The third kappa shape index (κ3) is 5.18. The number of methoxy groups -OCH3 is 1. The van der Waals surface area contributed by atoms with E-state index in [2.05, 4.69) is 10.2 Å². The van der Waals surface area contributed by atoms with Gasteiger partial charge >= 0.3 is 11.9 Å². The lowest BCUT2D eigenvalue weighted by molar-refractivity contribution is 0.0475. The summed E-state index contributed by atoms with van der Waals surface area (Å²) in [4.78, 5) is 11.2. The molecule has 1 aromatic heterocycles. The Labute approximate surface area is 104 Å². The Morgan fingerprint density at radius 1 is 1.41 bits per heavy atom. The highest BCUT2D eigenvalue weighted by molar-refractivity contribution is 7.99. The molecule has 0 radical (unpaired) electrons. The van der Waals surface area contributed by atoms with Gasteiger partial charge in [-0.1, -0.05) is 16.9 Å². The molecule has 17 heavy (non-hydrogen) atoms. The summed E-state index contributed by atoms with van der Waals surface area (Å²) in [5.41, 5.74) is 0. The van der Waals surface area contributed by atoms with Gasteiger partial charge < -0.3 is 13.9 Å². The van der Waals surface area contributed by atoms with Crippen LogP contribution in [-0.2, 0) is 9.47 Å². The summed E-state index contributed by atoms with van der Waals surface area (Å²) in [5, 5.41) is 7.76. The van der Waals surface area contributed by atoms with Gasteiger partial charge in [-0.2, -0.15) is 0 Å². The van der Waals surface area contributed by atoms with Gasteiger partial charge in [0.05, 0.1) is 6.61 Å². The summed E-state index contributed by atoms with van der Waals surface area (Å²) in [6.07, 6.45) is 1.98. The van der Waals surface area contributed by atoms with Crippen molar-refractivity contribution in [2.75, 3.05) is 26.1 Å². The topological polar surface area (TPSA) is 74.5 Å². The zero-order chi connectivity index (χ0) is 12.5. The van der Waals surface area contributed by atoms with Crippen molar-refractivity contribution in [2.45, 2.75) is 25.0 Å². The molecule has 7 heteroatoms. The highest BCUT2D eigenvalue weighted by atomic mass is 32.2. The summed E-state index contributed by atoms with van der Waals surface area (Å²) in [7, 11) is 1.68. The first-order chi connectivity index (χ1) is 8.27. The number of hydrogen-bond donors (Lipinski definition) is 0. The molecule has 0 amide bonds. The summed E-state index contributed by atoms with van der Waals surface area (Å²) < 4.78 is 14.8. The Kier molecular flexibility index (Phi) is 6.64. The van der Waals surface area contributed by atoms with E-state index >= 15 is 0 Å². The van der Waals surface area contributed by atoms with Crippen LogP contribution in [0.3, 0.4) is 0 Å². The SMILES string of the molecule is CCOC(=O)c1nnc(SCCCCOC)o1. The second-order valence-corrected chi connectivity index (χ2v) is 4.19. The molecular formula is C10H16N2O4S. The van der Waals surface area contributed by atoms with Gasteiger partial charge in [0.25, 0.3) is 5.22 Å². The van der Waals surface area contributed by atoms with Crippen molar-refractivity contribution in [1.29, 1.82) is 0 Å². The first-order valence-electron chi connectivity index (χ1n) is 5.40. The zero-order valence-corrected chi connectivity index (χ0v) is 10.8. The van der Waals surface area contributed by atoms with E-state index in [0.717, 1.165) is 25.2 Å². The first-order valence-corrected chi connectivity index (χ1v) is 6.38. The minimum absolute atomic E-state index is 0.0914. The molecule has 1 heterocycles. The van der Waals surface area contributed by atoms with Crippen LogP contribution < -0.4 is 0 Å². The minimum atomic E-state index is -0.578. The smallest absolute Gasteiger partial charge is 0.396 e. The average molecular weight is 260 g/mol. The Morgan fingerprint density at radius 3 is 2.94 bits per heavy atom. The van der Waals surface area contributed by atoms with Crippen LogP contribution in [0.1, 0.15) is 30.5 Å². The second-order valence-electron chi connectivity index (χ2n) is 3.14. The molecule has 0 aromatic carbocycles. The third-order valence-electron chi connectivity index (χ3n) is 1.82. The number of carbonyl (C=O) groups is 1. The first kappa shape index (κ1) is 14.0. The van der Waals surface area contributed by atoms with Crippen LogP contribution in [0.5, 0.6) is 0 Å². The Balaban J connectivity index is 2.28. The van der Waals surface area contributed by atoms with E-state index in [1.54, 1.807) is 14.0 Å². The van der Waals surface area contributed by atoms with Crippen molar-refractivity contribution in [1.82, 2.24) is 10.2 Å². The summed E-state index contributed by atoms with van der Waals surface area (Å²) in [5.74, 6) is 0.186. The van der Waals surface area contributed by atoms with Crippen LogP contribution in [0.4, 0.5) is 0 Å². The molecule has 6 nitrogen and oxygen atoms in total. The Morgan fingerprint density at radius 2 is 2.24 bits per heavy atom. The van der Waals surface area contributed by atoms with E-state index in [9.17, 15) is 4.79 Å². The largest absolute Gasteiger partial charge is 0.459 e. The van der Waals surface area contributed by atoms with Crippen molar-refractivity contribution < 1.29 is 18.7 Å². The molecule has 1 aromatic rings. The maximum atomic E-state index is 11.2. The van der Waals surface area contributed by atoms with Crippen LogP contribution in [0.2, 0.25) is 0 Å². The number of ether oxygens (including phenoxy) is 2. The summed E-state index contributed by atoms with van der Waals surface area (Å²) >= 11 is 1.42. The van der Waals surface area contributed by atoms with Crippen LogP contribution in [-0.4, -0.2) is 42.2 Å². The van der Waals surface area contributed by atoms with Crippen molar-refractivity contribution in [3.05, 3.63) is 5.89 Å². The van der Waals surface area contributed by atoms with Gasteiger partial charge in [-0.05, 0) is 19.8 Å². The Hall–Kier alpha value is -1.08. The van der Waals surface area contributed by atoms with Crippen LogP contribution in [0, 0.1) is 0 Å². The maximum Gasteiger partial charge on any atom is 0.396 e. The highest BCUT2D eigenvalue weighted by Gasteiger charge is 2.15. The highest BCUT2D eigenvalue weighted by Crippen LogP contribution is 2.17. The van der Waals surface area contributed by atoms with Crippen molar-refractivity contribution >= 4 is 17.7 Å². The molecule has 0 aliphatic carbocycles. The van der Waals surface area contributed by atoms with Gasteiger partial charge in [-0.25, -0.2) is 4.79 Å². The number of thioether (sulfide) groups is 1. The molecule has 0 aliphatic heterocycles.